The molecule has 2 atom stereocenters. The largest absolute Gasteiger partial charge is 0.355 e. The summed E-state index contributed by atoms with van der Waals surface area (Å²) in [5.74, 6) is 2.75. The van der Waals surface area contributed by atoms with E-state index in [1.807, 2.05) is 19.4 Å². The van der Waals surface area contributed by atoms with Crippen LogP contribution in [0, 0.1) is 24.2 Å². The molecule has 1 aliphatic carbocycles. The van der Waals surface area contributed by atoms with Gasteiger partial charge in [0.1, 0.15) is 5.82 Å². The Morgan fingerprint density at radius 3 is 2.75 bits per heavy atom. The lowest BCUT2D eigenvalue weighted by atomic mass is 9.83. The Morgan fingerprint density at radius 2 is 2.07 bits per heavy atom. The maximum absolute atomic E-state index is 12.5. The van der Waals surface area contributed by atoms with Gasteiger partial charge in [0, 0.05) is 68.4 Å². The van der Waals surface area contributed by atoms with Crippen molar-refractivity contribution < 1.29 is 4.79 Å². The maximum Gasteiger partial charge on any atom is 0.229 e. The van der Waals surface area contributed by atoms with Crippen molar-refractivity contribution in [2.75, 3.05) is 36.4 Å². The van der Waals surface area contributed by atoms with Gasteiger partial charge < -0.3 is 15.1 Å². The molecule has 1 N–H and O–H groups in total. The Hall–Kier alpha value is -2.64. The van der Waals surface area contributed by atoms with E-state index >= 15 is 0 Å². The van der Waals surface area contributed by atoms with Crippen LogP contribution in [0.25, 0.3) is 0 Å². The van der Waals surface area contributed by atoms with Gasteiger partial charge in [-0.3, -0.25) is 9.48 Å². The Morgan fingerprint density at radius 1 is 1.25 bits per heavy atom. The first-order valence-corrected chi connectivity index (χ1v) is 10.0. The molecule has 0 unspecified atom stereocenters. The number of aromatic nitrogens is 4. The van der Waals surface area contributed by atoms with Crippen molar-refractivity contribution >= 4 is 23.4 Å². The standard InChI is InChI=1S/C20H27N7O/c1-13-6-21-19(23-16-7-22-25(3)10-16)24-17(13)26-8-15-9-27(12-20(15,2)11-26)18(28)14-4-5-14/h6-7,10,14-15H,4-5,8-9,11-12H2,1-3H3,(H,21,23,24)/t15-,20+/m0/s1. The molecule has 1 saturated carbocycles. The molecule has 4 heterocycles. The van der Waals surface area contributed by atoms with E-state index in [0.29, 0.717) is 23.7 Å². The van der Waals surface area contributed by atoms with Crippen molar-refractivity contribution in [1.82, 2.24) is 24.6 Å². The Kier molecular flexibility index (Phi) is 3.86. The lowest BCUT2D eigenvalue weighted by Gasteiger charge is -2.27. The average molecular weight is 381 g/mol. The summed E-state index contributed by atoms with van der Waals surface area (Å²) in [5.41, 5.74) is 2.09. The third kappa shape index (κ3) is 3.00. The minimum Gasteiger partial charge on any atom is -0.355 e. The van der Waals surface area contributed by atoms with Crippen molar-refractivity contribution in [3.8, 4) is 0 Å². The van der Waals surface area contributed by atoms with Crippen LogP contribution in [0.4, 0.5) is 17.5 Å². The van der Waals surface area contributed by atoms with Gasteiger partial charge in [-0.2, -0.15) is 10.1 Å². The molecule has 2 aromatic heterocycles. The molecule has 0 spiro atoms. The van der Waals surface area contributed by atoms with E-state index in [9.17, 15) is 4.79 Å². The maximum atomic E-state index is 12.5. The number of carbonyl (C=O) groups excluding carboxylic acids is 1. The Bertz CT molecular complexity index is 921. The number of rotatable bonds is 4. The summed E-state index contributed by atoms with van der Waals surface area (Å²) in [4.78, 5) is 26.2. The fraction of sp³-hybridized carbons (Fsp3) is 0.600. The number of nitrogens with one attached hydrogen (secondary N) is 1. The first kappa shape index (κ1) is 17.5. The van der Waals surface area contributed by atoms with Crippen molar-refractivity contribution in [3.05, 3.63) is 24.2 Å². The number of nitrogens with zero attached hydrogens (tertiary/aromatic N) is 6. The number of hydrogen-bond donors (Lipinski definition) is 1. The molecule has 8 nitrogen and oxygen atoms in total. The normalized spacial score (nSPS) is 26.6. The highest BCUT2D eigenvalue weighted by Crippen LogP contribution is 2.45. The lowest BCUT2D eigenvalue weighted by molar-refractivity contribution is -0.131. The van der Waals surface area contributed by atoms with Crippen LogP contribution in [0.1, 0.15) is 25.3 Å². The molecule has 148 valence electrons. The minimum absolute atomic E-state index is 0.138. The molecule has 0 aromatic carbocycles. The molecular weight excluding hydrogens is 354 g/mol. The smallest absolute Gasteiger partial charge is 0.229 e. The summed E-state index contributed by atoms with van der Waals surface area (Å²) in [6.45, 7) is 8.00. The van der Waals surface area contributed by atoms with E-state index in [4.69, 9.17) is 4.98 Å². The van der Waals surface area contributed by atoms with Crippen LogP contribution in [0.3, 0.4) is 0 Å². The van der Waals surface area contributed by atoms with Gasteiger partial charge in [0.05, 0.1) is 11.9 Å². The van der Waals surface area contributed by atoms with Crippen molar-refractivity contribution in [3.63, 3.8) is 0 Å². The molecule has 0 bridgehead atoms. The highest BCUT2D eigenvalue weighted by atomic mass is 16.2. The summed E-state index contributed by atoms with van der Waals surface area (Å²) in [5, 5.41) is 7.40. The summed E-state index contributed by atoms with van der Waals surface area (Å²) in [6.07, 6.45) is 7.69. The fourth-order valence-corrected chi connectivity index (χ4v) is 4.69. The van der Waals surface area contributed by atoms with Gasteiger partial charge in [-0.1, -0.05) is 6.92 Å². The van der Waals surface area contributed by atoms with Gasteiger partial charge in [-0.15, -0.1) is 0 Å². The fourth-order valence-electron chi connectivity index (χ4n) is 4.69. The summed E-state index contributed by atoms with van der Waals surface area (Å²) in [7, 11) is 1.88. The summed E-state index contributed by atoms with van der Waals surface area (Å²) >= 11 is 0. The second kappa shape index (κ2) is 6.18. The van der Waals surface area contributed by atoms with Crippen molar-refractivity contribution in [2.24, 2.45) is 24.3 Å². The van der Waals surface area contributed by atoms with Crippen LogP contribution in [0.2, 0.25) is 0 Å². The molecule has 8 heteroatoms. The van der Waals surface area contributed by atoms with Crippen LogP contribution >= 0.6 is 0 Å². The number of aryl methyl sites for hydroxylation is 2. The highest BCUT2D eigenvalue weighted by molar-refractivity contribution is 5.81. The zero-order valence-electron chi connectivity index (χ0n) is 16.7. The monoisotopic (exact) mass is 381 g/mol. The number of hydrogen-bond acceptors (Lipinski definition) is 6. The molecule has 3 fully saturated rings. The number of amides is 1. The van der Waals surface area contributed by atoms with Crippen LogP contribution in [-0.4, -0.2) is 56.7 Å². The van der Waals surface area contributed by atoms with E-state index in [-0.39, 0.29) is 5.41 Å². The minimum atomic E-state index is 0.138. The number of fused-ring (bicyclic) bond motifs is 1. The SMILES string of the molecule is Cc1cnc(Nc2cnn(C)c2)nc1N1C[C@H]2CN(C(=O)C3CC3)C[C@@]2(C)C1. The molecule has 5 rings (SSSR count). The van der Waals surface area contributed by atoms with Gasteiger partial charge in [-0.05, 0) is 19.8 Å². The van der Waals surface area contributed by atoms with Crippen LogP contribution < -0.4 is 10.2 Å². The predicted molar refractivity (Wildman–Crippen MR) is 106 cm³/mol. The van der Waals surface area contributed by atoms with Gasteiger partial charge in [0.2, 0.25) is 11.9 Å². The van der Waals surface area contributed by atoms with E-state index in [1.165, 1.54) is 0 Å². The van der Waals surface area contributed by atoms with Gasteiger partial charge in [0.25, 0.3) is 0 Å². The zero-order valence-corrected chi connectivity index (χ0v) is 16.7. The third-order valence-corrected chi connectivity index (χ3v) is 6.42. The second-order valence-electron chi connectivity index (χ2n) is 8.95. The highest BCUT2D eigenvalue weighted by Gasteiger charge is 2.52. The molecule has 1 amide bonds. The van der Waals surface area contributed by atoms with E-state index in [2.05, 4.69) is 39.0 Å². The Labute approximate surface area is 164 Å². The first-order chi connectivity index (χ1) is 13.4. The molecule has 2 aliphatic heterocycles. The topological polar surface area (TPSA) is 79.2 Å². The van der Waals surface area contributed by atoms with Crippen LogP contribution in [-0.2, 0) is 11.8 Å². The predicted octanol–water partition coefficient (Wildman–Crippen LogP) is 1.96. The quantitative estimate of drug-likeness (QED) is 0.872. The molecule has 0 radical (unpaired) electrons. The molecular formula is C20H27N7O. The summed E-state index contributed by atoms with van der Waals surface area (Å²) < 4.78 is 1.74. The van der Waals surface area contributed by atoms with Crippen molar-refractivity contribution in [2.45, 2.75) is 26.7 Å². The van der Waals surface area contributed by atoms with Crippen LogP contribution in [0.5, 0.6) is 0 Å². The number of likely N-dealkylation sites (tertiary alicyclic amines) is 1. The Balaban J connectivity index is 1.32. The first-order valence-electron chi connectivity index (χ1n) is 10.0. The molecule has 28 heavy (non-hydrogen) atoms. The molecule has 3 aliphatic rings. The molecule has 2 aromatic rings. The van der Waals surface area contributed by atoms with E-state index < -0.39 is 0 Å². The van der Waals surface area contributed by atoms with Gasteiger partial charge in [0.15, 0.2) is 0 Å². The number of anilines is 3. The summed E-state index contributed by atoms with van der Waals surface area (Å²) in [6, 6.07) is 0. The second-order valence-corrected chi connectivity index (χ2v) is 8.95. The van der Waals surface area contributed by atoms with E-state index in [1.54, 1.807) is 10.9 Å². The average Bonchev–Trinajstić information content (AvgIpc) is 3.24. The lowest BCUT2D eigenvalue weighted by Crippen LogP contribution is -2.36. The van der Waals surface area contributed by atoms with Crippen LogP contribution in [0.15, 0.2) is 18.6 Å². The van der Waals surface area contributed by atoms with Gasteiger partial charge in [-0.25, -0.2) is 4.98 Å². The zero-order chi connectivity index (χ0) is 19.5. The molecule has 2 saturated heterocycles. The third-order valence-electron chi connectivity index (χ3n) is 6.42. The van der Waals surface area contributed by atoms with Gasteiger partial charge >= 0.3 is 0 Å². The van der Waals surface area contributed by atoms with Crippen molar-refractivity contribution in [1.29, 1.82) is 0 Å². The van der Waals surface area contributed by atoms with E-state index in [0.717, 1.165) is 56.1 Å². The number of carbonyl (C=O) groups is 1.